The van der Waals surface area contributed by atoms with Crippen LogP contribution in [0.1, 0.15) is 16.7 Å². The van der Waals surface area contributed by atoms with Crippen molar-refractivity contribution in [1.82, 2.24) is 14.8 Å². The number of aryl methyl sites for hydroxylation is 3. The summed E-state index contributed by atoms with van der Waals surface area (Å²) in [7, 11) is 1.64. The Morgan fingerprint density at radius 2 is 1.58 bits per heavy atom. The van der Waals surface area contributed by atoms with Crippen LogP contribution in [-0.4, -0.2) is 33.5 Å². The van der Waals surface area contributed by atoms with Crippen molar-refractivity contribution >= 4 is 23.4 Å². The minimum absolute atomic E-state index is 0.0915. The third-order valence-electron chi connectivity index (χ3n) is 5.11. The van der Waals surface area contributed by atoms with Crippen LogP contribution in [0.15, 0.2) is 71.9 Å². The van der Waals surface area contributed by atoms with Crippen molar-refractivity contribution in [1.29, 1.82) is 0 Å². The Morgan fingerprint density at radius 1 is 0.909 bits per heavy atom. The second-order valence-corrected chi connectivity index (χ2v) is 8.86. The molecule has 0 aliphatic carbocycles. The van der Waals surface area contributed by atoms with Gasteiger partial charge in [0.1, 0.15) is 5.75 Å². The number of aromatic nitrogens is 3. The summed E-state index contributed by atoms with van der Waals surface area (Å²) in [6.07, 6.45) is 0. The van der Waals surface area contributed by atoms with Crippen LogP contribution in [0.2, 0.25) is 0 Å². The van der Waals surface area contributed by atoms with E-state index in [1.165, 1.54) is 17.3 Å². The molecular formula is C26H26N4O2S. The molecule has 0 atom stereocenters. The lowest BCUT2D eigenvalue weighted by molar-refractivity contribution is -0.113. The van der Waals surface area contributed by atoms with E-state index in [4.69, 9.17) is 4.74 Å². The van der Waals surface area contributed by atoms with E-state index in [0.29, 0.717) is 5.16 Å². The molecule has 0 spiro atoms. The van der Waals surface area contributed by atoms with Crippen LogP contribution < -0.4 is 10.1 Å². The second kappa shape index (κ2) is 9.92. The highest BCUT2D eigenvalue weighted by Gasteiger charge is 2.17. The number of hydrogen-bond acceptors (Lipinski definition) is 5. The predicted octanol–water partition coefficient (Wildman–Crippen LogP) is 5.60. The molecule has 4 rings (SSSR count). The molecule has 0 saturated carbocycles. The van der Waals surface area contributed by atoms with Gasteiger partial charge in [-0.2, -0.15) is 0 Å². The summed E-state index contributed by atoms with van der Waals surface area (Å²) in [4.78, 5) is 12.6. The fraction of sp³-hybridized carbons (Fsp3) is 0.192. The van der Waals surface area contributed by atoms with Crippen molar-refractivity contribution in [3.05, 3.63) is 83.4 Å². The van der Waals surface area contributed by atoms with Gasteiger partial charge in [0.25, 0.3) is 0 Å². The van der Waals surface area contributed by atoms with Crippen molar-refractivity contribution in [3.8, 4) is 22.8 Å². The fourth-order valence-corrected chi connectivity index (χ4v) is 4.34. The number of carbonyl (C=O) groups excluding carboxylic acids is 1. The number of carbonyl (C=O) groups is 1. The number of methoxy groups -OCH3 is 1. The number of hydrogen-bond donors (Lipinski definition) is 1. The molecule has 6 nitrogen and oxygen atoms in total. The van der Waals surface area contributed by atoms with Gasteiger partial charge in [-0.3, -0.25) is 9.36 Å². The summed E-state index contributed by atoms with van der Waals surface area (Å²) >= 11 is 1.35. The molecule has 0 unspecified atom stereocenters. The predicted molar refractivity (Wildman–Crippen MR) is 133 cm³/mol. The molecule has 3 aromatic carbocycles. The van der Waals surface area contributed by atoms with Gasteiger partial charge in [-0.25, -0.2) is 0 Å². The van der Waals surface area contributed by atoms with Crippen molar-refractivity contribution in [3.63, 3.8) is 0 Å². The zero-order valence-electron chi connectivity index (χ0n) is 19.1. The maximum atomic E-state index is 12.6. The Kier molecular flexibility index (Phi) is 6.79. The van der Waals surface area contributed by atoms with Gasteiger partial charge in [0.15, 0.2) is 11.0 Å². The number of ether oxygens (including phenoxy) is 1. The molecule has 1 N–H and O–H groups in total. The van der Waals surface area contributed by atoms with Crippen LogP contribution in [-0.2, 0) is 4.79 Å². The number of amides is 1. The van der Waals surface area contributed by atoms with Gasteiger partial charge in [0, 0.05) is 16.9 Å². The quantitative estimate of drug-likeness (QED) is 0.365. The smallest absolute Gasteiger partial charge is 0.234 e. The van der Waals surface area contributed by atoms with Crippen molar-refractivity contribution in [2.75, 3.05) is 18.2 Å². The third-order valence-corrected chi connectivity index (χ3v) is 6.04. The first kappa shape index (κ1) is 22.6. The third kappa shape index (κ3) is 5.43. The lowest BCUT2D eigenvalue weighted by atomic mass is 10.1. The van der Waals surface area contributed by atoms with E-state index in [1.807, 2.05) is 86.0 Å². The van der Waals surface area contributed by atoms with Gasteiger partial charge in [-0.05, 0) is 68.3 Å². The zero-order chi connectivity index (χ0) is 23.4. The summed E-state index contributed by atoms with van der Waals surface area (Å²) in [5.41, 5.74) is 6.05. The Labute approximate surface area is 198 Å². The Morgan fingerprint density at radius 3 is 2.21 bits per heavy atom. The van der Waals surface area contributed by atoms with Crippen LogP contribution in [0, 0.1) is 20.8 Å². The molecule has 4 aromatic rings. The average Bonchev–Trinajstić information content (AvgIpc) is 3.21. The largest absolute Gasteiger partial charge is 0.497 e. The molecule has 0 aliphatic heterocycles. The second-order valence-electron chi connectivity index (χ2n) is 7.92. The molecular weight excluding hydrogens is 432 g/mol. The van der Waals surface area contributed by atoms with Crippen LogP contribution in [0.25, 0.3) is 17.1 Å². The van der Waals surface area contributed by atoms with Crippen molar-refractivity contribution in [2.24, 2.45) is 0 Å². The highest BCUT2D eigenvalue weighted by atomic mass is 32.2. The normalized spacial score (nSPS) is 10.8. The Bertz CT molecular complexity index is 1240. The van der Waals surface area contributed by atoms with E-state index in [1.54, 1.807) is 7.11 Å². The van der Waals surface area contributed by atoms with Crippen LogP contribution >= 0.6 is 11.8 Å². The first-order valence-electron chi connectivity index (χ1n) is 10.6. The molecule has 0 fully saturated rings. The van der Waals surface area contributed by atoms with Gasteiger partial charge in [0.05, 0.1) is 12.9 Å². The molecule has 1 aromatic heterocycles. The van der Waals surface area contributed by atoms with E-state index < -0.39 is 0 Å². The lowest BCUT2D eigenvalue weighted by Crippen LogP contribution is -2.14. The van der Waals surface area contributed by atoms with Crippen molar-refractivity contribution in [2.45, 2.75) is 25.9 Å². The van der Waals surface area contributed by atoms with E-state index in [9.17, 15) is 4.79 Å². The van der Waals surface area contributed by atoms with Gasteiger partial charge in [-0.15, -0.1) is 10.2 Å². The van der Waals surface area contributed by atoms with Crippen LogP contribution in [0.4, 0.5) is 5.69 Å². The van der Waals surface area contributed by atoms with E-state index in [0.717, 1.165) is 39.6 Å². The highest BCUT2D eigenvalue weighted by Crippen LogP contribution is 2.29. The number of benzene rings is 3. The maximum Gasteiger partial charge on any atom is 0.234 e. The topological polar surface area (TPSA) is 69.0 Å². The summed E-state index contributed by atoms with van der Waals surface area (Å²) < 4.78 is 7.27. The van der Waals surface area contributed by atoms with Crippen molar-refractivity contribution < 1.29 is 9.53 Å². The van der Waals surface area contributed by atoms with E-state index >= 15 is 0 Å². The number of thioether (sulfide) groups is 1. The summed E-state index contributed by atoms with van der Waals surface area (Å²) in [5, 5.41) is 12.5. The maximum absolute atomic E-state index is 12.6. The molecule has 168 valence electrons. The van der Waals surface area contributed by atoms with Gasteiger partial charge in [-0.1, -0.05) is 47.7 Å². The lowest BCUT2D eigenvalue weighted by Gasteiger charge is -2.12. The van der Waals surface area contributed by atoms with Crippen LogP contribution in [0.5, 0.6) is 5.75 Å². The van der Waals surface area contributed by atoms with Gasteiger partial charge < -0.3 is 10.1 Å². The molecule has 33 heavy (non-hydrogen) atoms. The van der Waals surface area contributed by atoms with E-state index in [-0.39, 0.29) is 11.7 Å². The minimum atomic E-state index is -0.0915. The summed E-state index contributed by atoms with van der Waals surface area (Å²) in [6, 6.07) is 21.9. The van der Waals surface area contributed by atoms with E-state index in [2.05, 4.69) is 21.6 Å². The highest BCUT2D eigenvalue weighted by molar-refractivity contribution is 7.99. The zero-order valence-corrected chi connectivity index (χ0v) is 19.9. The van der Waals surface area contributed by atoms with Crippen LogP contribution in [0.3, 0.4) is 0 Å². The summed E-state index contributed by atoms with van der Waals surface area (Å²) in [6.45, 7) is 6.08. The number of rotatable bonds is 7. The number of anilines is 1. The monoisotopic (exact) mass is 458 g/mol. The molecule has 7 heteroatoms. The number of nitrogens with zero attached hydrogens (tertiary/aromatic N) is 3. The Balaban J connectivity index is 1.60. The molecule has 0 bridgehead atoms. The van der Waals surface area contributed by atoms with Gasteiger partial charge >= 0.3 is 0 Å². The standard InChI is InChI=1S/C26H26N4O2S/c1-17-5-7-20(8-6-17)25-28-29-26(30(25)22-9-11-23(32-4)12-10-22)33-16-24(31)27-21-14-18(2)13-19(3)15-21/h5-15H,16H2,1-4H3,(H,27,31). The average molecular weight is 459 g/mol. The SMILES string of the molecule is COc1ccc(-n2c(SCC(=O)Nc3cc(C)cc(C)c3)nnc2-c2ccc(C)cc2)cc1. The first-order valence-corrected chi connectivity index (χ1v) is 11.6. The first-order chi connectivity index (χ1) is 15.9. The molecule has 0 aliphatic rings. The molecule has 1 heterocycles. The minimum Gasteiger partial charge on any atom is -0.497 e. The number of nitrogens with one attached hydrogen (secondary N) is 1. The van der Waals surface area contributed by atoms with Gasteiger partial charge in [0.2, 0.25) is 5.91 Å². The molecule has 0 radical (unpaired) electrons. The Hall–Kier alpha value is -3.58. The molecule has 0 saturated heterocycles. The molecule has 1 amide bonds. The summed E-state index contributed by atoms with van der Waals surface area (Å²) in [5.74, 6) is 1.61. The fourth-order valence-electron chi connectivity index (χ4n) is 3.59.